The molecule has 3 aliphatic rings. The van der Waals surface area contributed by atoms with Gasteiger partial charge in [-0.1, -0.05) is 31.5 Å². The van der Waals surface area contributed by atoms with Crippen LogP contribution >= 0.6 is 0 Å². The largest absolute Gasteiger partial charge is 0.494 e. The summed E-state index contributed by atoms with van der Waals surface area (Å²) in [6, 6.07) is 11.0. The average Bonchev–Trinajstić information content (AvgIpc) is 3.10. The highest BCUT2D eigenvalue weighted by molar-refractivity contribution is 6.11. The van der Waals surface area contributed by atoms with E-state index >= 15 is 0 Å². The smallest absolute Gasteiger partial charge is 0.290 e. The predicted molar refractivity (Wildman–Crippen MR) is 119 cm³/mol. The maximum Gasteiger partial charge on any atom is 0.290 e. The molecule has 166 valence electrons. The Hall–Kier alpha value is -3.15. The number of ether oxygens (including phenoxy) is 2. The molecule has 2 aliphatic heterocycles. The number of benzene rings is 1. The summed E-state index contributed by atoms with van der Waals surface area (Å²) in [5.41, 5.74) is 2.29. The number of carbonyl (C=O) groups is 2. The van der Waals surface area contributed by atoms with E-state index in [-0.39, 0.29) is 29.5 Å². The molecule has 32 heavy (non-hydrogen) atoms. The Kier molecular flexibility index (Phi) is 5.68. The van der Waals surface area contributed by atoms with Gasteiger partial charge in [0.25, 0.3) is 5.91 Å². The van der Waals surface area contributed by atoms with Crippen molar-refractivity contribution in [3.8, 4) is 5.75 Å². The van der Waals surface area contributed by atoms with Gasteiger partial charge in [-0.25, -0.2) is 0 Å². The minimum Gasteiger partial charge on any atom is -0.494 e. The molecule has 1 amide bonds. The van der Waals surface area contributed by atoms with Crippen LogP contribution in [0.25, 0.3) is 0 Å². The SMILES string of the molecule is CCCOc1cccc(C2C3=C(OC4CCCCC4C3=O)C(=O)N2Cc2cccnc2)c1. The van der Waals surface area contributed by atoms with Crippen molar-refractivity contribution >= 4 is 11.7 Å². The lowest BCUT2D eigenvalue weighted by Crippen LogP contribution is -2.39. The zero-order valence-corrected chi connectivity index (χ0v) is 18.3. The van der Waals surface area contributed by atoms with Crippen LogP contribution in [-0.4, -0.2) is 34.3 Å². The van der Waals surface area contributed by atoms with Crippen LogP contribution in [0.3, 0.4) is 0 Å². The van der Waals surface area contributed by atoms with Gasteiger partial charge >= 0.3 is 0 Å². The number of rotatable bonds is 6. The maximum absolute atomic E-state index is 13.7. The second-order valence-electron chi connectivity index (χ2n) is 8.77. The Bertz CT molecular complexity index is 1050. The van der Waals surface area contributed by atoms with Crippen LogP contribution in [-0.2, 0) is 20.9 Å². The highest BCUT2D eigenvalue weighted by Crippen LogP contribution is 2.47. The van der Waals surface area contributed by atoms with Gasteiger partial charge in [-0.05, 0) is 55.0 Å². The van der Waals surface area contributed by atoms with Gasteiger partial charge in [0.05, 0.1) is 24.1 Å². The fraction of sp³-hybridized carbons (Fsp3) is 0.423. The predicted octanol–water partition coefficient (Wildman–Crippen LogP) is 4.37. The first kappa shape index (κ1) is 20.7. The molecule has 3 atom stereocenters. The van der Waals surface area contributed by atoms with Crippen LogP contribution in [0.2, 0.25) is 0 Å². The maximum atomic E-state index is 13.7. The molecule has 2 aromatic rings. The lowest BCUT2D eigenvalue weighted by molar-refractivity contribution is -0.135. The second-order valence-corrected chi connectivity index (χ2v) is 8.77. The molecule has 0 radical (unpaired) electrons. The van der Waals surface area contributed by atoms with E-state index < -0.39 is 6.04 Å². The summed E-state index contributed by atoms with van der Waals surface area (Å²) in [5.74, 6) is 0.684. The summed E-state index contributed by atoms with van der Waals surface area (Å²) in [6.07, 6.45) is 7.90. The molecular formula is C26H28N2O4. The molecule has 3 heterocycles. The molecule has 1 saturated carbocycles. The third-order valence-corrected chi connectivity index (χ3v) is 6.58. The molecule has 1 aromatic heterocycles. The first-order valence-corrected chi connectivity index (χ1v) is 11.5. The molecule has 1 aromatic carbocycles. The minimum atomic E-state index is -0.488. The quantitative estimate of drug-likeness (QED) is 0.678. The Morgan fingerprint density at radius 3 is 2.84 bits per heavy atom. The van der Waals surface area contributed by atoms with Crippen molar-refractivity contribution in [1.82, 2.24) is 9.88 Å². The fourth-order valence-corrected chi connectivity index (χ4v) is 5.08. The van der Waals surface area contributed by atoms with Gasteiger partial charge < -0.3 is 14.4 Å². The Balaban J connectivity index is 1.56. The van der Waals surface area contributed by atoms with E-state index in [1.807, 2.05) is 36.4 Å². The van der Waals surface area contributed by atoms with Crippen molar-refractivity contribution < 1.29 is 19.1 Å². The number of hydrogen-bond acceptors (Lipinski definition) is 5. The van der Waals surface area contributed by atoms with Gasteiger partial charge in [-0.15, -0.1) is 0 Å². The van der Waals surface area contributed by atoms with Crippen LogP contribution in [0.1, 0.15) is 56.2 Å². The summed E-state index contributed by atoms with van der Waals surface area (Å²) in [7, 11) is 0. The van der Waals surface area contributed by atoms with E-state index in [9.17, 15) is 9.59 Å². The Morgan fingerprint density at radius 2 is 2.03 bits per heavy atom. The Morgan fingerprint density at radius 1 is 1.16 bits per heavy atom. The normalized spacial score (nSPS) is 24.8. The number of nitrogens with zero attached hydrogens (tertiary/aromatic N) is 2. The van der Waals surface area contributed by atoms with Crippen molar-refractivity contribution in [2.75, 3.05) is 6.61 Å². The van der Waals surface area contributed by atoms with Gasteiger partial charge in [-0.3, -0.25) is 14.6 Å². The number of aromatic nitrogens is 1. The van der Waals surface area contributed by atoms with E-state index in [0.717, 1.165) is 49.0 Å². The number of amides is 1. The van der Waals surface area contributed by atoms with E-state index in [1.54, 1.807) is 17.3 Å². The highest BCUT2D eigenvalue weighted by Gasteiger charge is 2.51. The number of Topliss-reactive ketones (excluding diaryl/α,β-unsaturated/α-hetero) is 1. The van der Waals surface area contributed by atoms with Crippen LogP contribution in [0, 0.1) is 5.92 Å². The lowest BCUT2D eigenvalue weighted by Gasteiger charge is -2.35. The summed E-state index contributed by atoms with van der Waals surface area (Å²) in [6.45, 7) is 3.04. The molecule has 5 rings (SSSR count). The Labute approximate surface area is 188 Å². The van der Waals surface area contributed by atoms with Crippen molar-refractivity contribution in [2.24, 2.45) is 5.92 Å². The molecule has 6 heteroatoms. The molecule has 0 N–H and O–H groups in total. The fourth-order valence-electron chi connectivity index (χ4n) is 5.08. The molecule has 1 aliphatic carbocycles. The number of fused-ring (bicyclic) bond motifs is 1. The lowest BCUT2D eigenvalue weighted by atomic mass is 9.77. The molecule has 3 unspecified atom stereocenters. The first-order valence-electron chi connectivity index (χ1n) is 11.5. The van der Waals surface area contributed by atoms with E-state index in [2.05, 4.69) is 11.9 Å². The molecule has 1 fully saturated rings. The van der Waals surface area contributed by atoms with Crippen molar-refractivity contribution in [3.63, 3.8) is 0 Å². The van der Waals surface area contributed by atoms with Crippen LogP contribution in [0.5, 0.6) is 5.75 Å². The minimum absolute atomic E-state index is 0.0721. The second kappa shape index (κ2) is 8.77. The topological polar surface area (TPSA) is 68.7 Å². The van der Waals surface area contributed by atoms with E-state index in [1.165, 1.54) is 0 Å². The van der Waals surface area contributed by atoms with E-state index in [4.69, 9.17) is 9.47 Å². The standard InChI is InChI=1S/C26H28N2O4/c1-2-13-31-19-9-5-8-18(14-19)23-22-24(29)20-10-3-4-11-21(20)32-25(22)26(30)28(23)16-17-7-6-12-27-15-17/h5-9,12,14-15,20-21,23H,2-4,10-11,13,16H2,1H3. The molecule has 0 bridgehead atoms. The van der Waals surface area contributed by atoms with Crippen LogP contribution < -0.4 is 4.74 Å². The summed E-state index contributed by atoms with van der Waals surface area (Å²) in [4.78, 5) is 33.1. The number of carbonyl (C=O) groups excluding carboxylic acids is 2. The third-order valence-electron chi connectivity index (χ3n) is 6.58. The van der Waals surface area contributed by atoms with Crippen LogP contribution in [0.15, 0.2) is 60.1 Å². The van der Waals surface area contributed by atoms with Crippen molar-refractivity contribution in [3.05, 3.63) is 71.3 Å². The number of pyridine rings is 1. The summed E-state index contributed by atoms with van der Waals surface area (Å²) < 4.78 is 12.1. The number of hydrogen-bond donors (Lipinski definition) is 0. The highest BCUT2D eigenvalue weighted by atomic mass is 16.5. The molecule has 0 saturated heterocycles. The van der Waals surface area contributed by atoms with Crippen molar-refractivity contribution in [2.45, 2.75) is 57.7 Å². The van der Waals surface area contributed by atoms with Crippen LogP contribution in [0.4, 0.5) is 0 Å². The summed E-state index contributed by atoms with van der Waals surface area (Å²) >= 11 is 0. The molecular weight excluding hydrogens is 404 g/mol. The van der Waals surface area contributed by atoms with Crippen molar-refractivity contribution in [1.29, 1.82) is 0 Å². The van der Waals surface area contributed by atoms with Gasteiger partial charge in [0.1, 0.15) is 11.9 Å². The molecule has 0 spiro atoms. The van der Waals surface area contributed by atoms with E-state index in [0.29, 0.717) is 18.7 Å². The zero-order chi connectivity index (χ0) is 22.1. The monoisotopic (exact) mass is 432 g/mol. The van der Waals surface area contributed by atoms with Gasteiger partial charge in [0.2, 0.25) is 0 Å². The van der Waals surface area contributed by atoms with Gasteiger partial charge in [0.15, 0.2) is 11.5 Å². The summed E-state index contributed by atoms with van der Waals surface area (Å²) in [5, 5.41) is 0. The zero-order valence-electron chi connectivity index (χ0n) is 18.3. The average molecular weight is 433 g/mol. The molecule has 6 nitrogen and oxygen atoms in total. The number of ketones is 1. The van der Waals surface area contributed by atoms with Gasteiger partial charge in [-0.2, -0.15) is 0 Å². The van der Waals surface area contributed by atoms with Gasteiger partial charge in [0, 0.05) is 18.9 Å². The first-order chi connectivity index (χ1) is 15.7. The third kappa shape index (κ3) is 3.68.